The summed E-state index contributed by atoms with van der Waals surface area (Å²) in [5, 5.41) is 3.24. The Morgan fingerprint density at radius 2 is 1.65 bits per heavy atom. The Morgan fingerprint density at radius 1 is 1.06 bits per heavy atom. The summed E-state index contributed by atoms with van der Waals surface area (Å²) in [6.07, 6.45) is 0. The molecule has 0 saturated carbocycles. The standard InChI is InChI=1S/C11H18N4O2/c1-8-9(15-6-4-12-5-7-15)10(16)14(3)11(17)13(8)2/h12H,4-7H2,1-3H3. The maximum atomic E-state index is 12.1. The first-order valence-electron chi connectivity index (χ1n) is 5.76. The Hall–Kier alpha value is -1.56. The smallest absolute Gasteiger partial charge is 0.330 e. The van der Waals surface area contributed by atoms with Crippen molar-refractivity contribution in [2.45, 2.75) is 6.92 Å². The molecule has 1 aromatic heterocycles. The number of hydrogen-bond donors (Lipinski definition) is 1. The Bertz CT molecular complexity index is 538. The third kappa shape index (κ3) is 1.88. The molecule has 0 spiro atoms. The van der Waals surface area contributed by atoms with Crippen molar-refractivity contribution in [3.8, 4) is 0 Å². The van der Waals surface area contributed by atoms with Gasteiger partial charge in [0.05, 0.1) is 0 Å². The Kier molecular flexibility index (Phi) is 3.06. The molecule has 6 heteroatoms. The Labute approximate surface area is 99.5 Å². The molecule has 94 valence electrons. The fourth-order valence-corrected chi connectivity index (χ4v) is 2.18. The summed E-state index contributed by atoms with van der Waals surface area (Å²) in [6.45, 7) is 5.15. The average molecular weight is 238 g/mol. The minimum Gasteiger partial charge on any atom is -0.363 e. The van der Waals surface area contributed by atoms with Gasteiger partial charge in [-0.05, 0) is 6.92 Å². The number of nitrogens with one attached hydrogen (secondary N) is 1. The maximum absolute atomic E-state index is 12.1. The molecule has 1 fully saturated rings. The van der Waals surface area contributed by atoms with Gasteiger partial charge in [0.15, 0.2) is 0 Å². The fourth-order valence-electron chi connectivity index (χ4n) is 2.18. The van der Waals surface area contributed by atoms with Crippen molar-refractivity contribution in [3.63, 3.8) is 0 Å². The number of nitrogens with zero attached hydrogens (tertiary/aromatic N) is 3. The van der Waals surface area contributed by atoms with E-state index >= 15 is 0 Å². The van der Waals surface area contributed by atoms with Crippen molar-refractivity contribution in [3.05, 3.63) is 26.5 Å². The second kappa shape index (κ2) is 4.37. The van der Waals surface area contributed by atoms with E-state index in [1.54, 1.807) is 7.05 Å². The summed E-state index contributed by atoms with van der Waals surface area (Å²) in [5.74, 6) is 0. The van der Waals surface area contributed by atoms with E-state index in [-0.39, 0.29) is 11.2 Å². The van der Waals surface area contributed by atoms with Gasteiger partial charge >= 0.3 is 5.69 Å². The van der Waals surface area contributed by atoms with Crippen LogP contribution in [0.25, 0.3) is 0 Å². The van der Waals surface area contributed by atoms with E-state index in [0.29, 0.717) is 5.69 Å². The molecule has 2 heterocycles. The van der Waals surface area contributed by atoms with Crippen molar-refractivity contribution in [1.82, 2.24) is 14.5 Å². The lowest BCUT2D eigenvalue weighted by Gasteiger charge is -2.30. The molecule has 0 aliphatic carbocycles. The molecule has 0 bridgehead atoms. The van der Waals surface area contributed by atoms with Gasteiger partial charge in [-0.25, -0.2) is 4.79 Å². The first-order valence-corrected chi connectivity index (χ1v) is 5.76. The highest BCUT2D eigenvalue weighted by Crippen LogP contribution is 2.12. The topological polar surface area (TPSA) is 59.3 Å². The zero-order chi connectivity index (χ0) is 12.6. The van der Waals surface area contributed by atoms with Crippen LogP contribution in [-0.2, 0) is 14.1 Å². The molecule has 1 aromatic rings. The molecule has 1 aliphatic heterocycles. The highest BCUT2D eigenvalue weighted by Gasteiger charge is 2.19. The van der Waals surface area contributed by atoms with Crippen molar-refractivity contribution < 1.29 is 0 Å². The van der Waals surface area contributed by atoms with E-state index in [4.69, 9.17) is 0 Å². The highest BCUT2D eigenvalue weighted by atomic mass is 16.2. The minimum absolute atomic E-state index is 0.201. The SMILES string of the molecule is Cc1c(N2CCNCC2)c(=O)n(C)c(=O)n1C. The minimum atomic E-state index is -0.272. The number of aromatic nitrogens is 2. The van der Waals surface area contributed by atoms with Crippen LogP contribution < -0.4 is 21.5 Å². The normalized spacial score (nSPS) is 16.3. The van der Waals surface area contributed by atoms with Gasteiger partial charge < -0.3 is 10.2 Å². The zero-order valence-electron chi connectivity index (χ0n) is 10.5. The Morgan fingerprint density at radius 3 is 2.24 bits per heavy atom. The number of hydrogen-bond acceptors (Lipinski definition) is 4. The molecule has 0 atom stereocenters. The van der Waals surface area contributed by atoms with Crippen LogP contribution in [0.3, 0.4) is 0 Å². The fraction of sp³-hybridized carbons (Fsp3) is 0.636. The lowest BCUT2D eigenvalue weighted by molar-refractivity contribution is 0.574. The van der Waals surface area contributed by atoms with Gasteiger partial charge in [-0.15, -0.1) is 0 Å². The van der Waals surface area contributed by atoms with Crippen LogP contribution in [0.15, 0.2) is 9.59 Å². The van der Waals surface area contributed by atoms with Gasteiger partial charge in [-0.1, -0.05) is 0 Å². The summed E-state index contributed by atoms with van der Waals surface area (Å²) in [6, 6.07) is 0. The van der Waals surface area contributed by atoms with Crippen LogP contribution in [0.1, 0.15) is 5.69 Å². The average Bonchev–Trinajstić information content (AvgIpc) is 2.36. The lowest BCUT2D eigenvalue weighted by Crippen LogP contribution is -2.49. The van der Waals surface area contributed by atoms with Crippen LogP contribution in [0.4, 0.5) is 5.69 Å². The van der Waals surface area contributed by atoms with Crippen LogP contribution in [0.5, 0.6) is 0 Å². The predicted octanol–water partition coefficient (Wildman–Crippen LogP) is -1.20. The van der Waals surface area contributed by atoms with Crippen molar-refractivity contribution in [1.29, 1.82) is 0 Å². The molecule has 0 radical (unpaired) electrons. The van der Waals surface area contributed by atoms with Gasteiger partial charge in [0, 0.05) is 46.0 Å². The largest absolute Gasteiger partial charge is 0.363 e. The monoisotopic (exact) mass is 238 g/mol. The summed E-state index contributed by atoms with van der Waals surface area (Å²) in [7, 11) is 3.22. The van der Waals surface area contributed by atoms with E-state index in [9.17, 15) is 9.59 Å². The zero-order valence-corrected chi connectivity index (χ0v) is 10.5. The molecule has 1 N–H and O–H groups in total. The third-order valence-electron chi connectivity index (χ3n) is 3.36. The second-order valence-corrected chi connectivity index (χ2v) is 4.38. The molecule has 0 amide bonds. The molecular formula is C11H18N4O2. The summed E-state index contributed by atoms with van der Waals surface area (Å²) in [5.41, 5.74) is 0.912. The highest BCUT2D eigenvalue weighted by molar-refractivity contribution is 5.49. The summed E-state index contributed by atoms with van der Waals surface area (Å²) < 4.78 is 2.70. The quantitative estimate of drug-likeness (QED) is 0.668. The van der Waals surface area contributed by atoms with E-state index in [2.05, 4.69) is 5.32 Å². The van der Waals surface area contributed by atoms with Crippen molar-refractivity contribution >= 4 is 5.69 Å². The molecule has 2 rings (SSSR count). The molecule has 1 saturated heterocycles. The van der Waals surface area contributed by atoms with E-state index in [1.807, 2.05) is 11.8 Å². The number of anilines is 1. The van der Waals surface area contributed by atoms with E-state index < -0.39 is 0 Å². The van der Waals surface area contributed by atoms with Crippen LogP contribution in [0.2, 0.25) is 0 Å². The van der Waals surface area contributed by atoms with Gasteiger partial charge in [-0.3, -0.25) is 13.9 Å². The molecular weight excluding hydrogens is 220 g/mol. The van der Waals surface area contributed by atoms with Gasteiger partial charge in [0.2, 0.25) is 0 Å². The van der Waals surface area contributed by atoms with Crippen LogP contribution >= 0.6 is 0 Å². The maximum Gasteiger partial charge on any atom is 0.330 e. The number of piperazine rings is 1. The molecule has 0 unspecified atom stereocenters. The van der Waals surface area contributed by atoms with Gasteiger partial charge in [0.25, 0.3) is 5.56 Å². The van der Waals surface area contributed by atoms with Crippen molar-refractivity contribution in [2.24, 2.45) is 14.1 Å². The molecule has 17 heavy (non-hydrogen) atoms. The van der Waals surface area contributed by atoms with Gasteiger partial charge in [-0.2, -0.15) is 0 Å². The lowest BCUT2D eigenvalue weighted by atomic mass is 10.2. The van der Waals surface area contributed by atoms with Crippen molar-refractivity contribution in [2.75, 3.05) is 31.1 Å². The first kappa shape index (κ1) is 11.9. The van der Waals surface area contributed by atoms with Gasteiger partial charge in [0.1, 0.15) is 5.69 Å². The third-order valence-corrected chi connectivity index (χ3v) is 3.36. The van der Waals surface area contributed by atoms with Crippen LogP contribution in [-0.4, -0.2) is 35.3 Å². The van der Waals surface area contributed by atoms with E-state index in [1.165, 1.54) is 16.2 Å². The van der Waals surface area contributed by atoms with Crippen LogP contribution in [0, 0.1) is 6.92 Å². The summed E-state index contributed by atoms with van der Waals surface area (Å²) in [4.78, 5) is 25.9. The molecule has 1 aliphatic rings. The summed E-state index contributed by atoms with van der Waals surface area (Å²) >= 11 is 0. The number of rotatable bonds is 1. The second-order valence-electron chi connectivity index (χ2n) is 4.38. The predicted molar refractivity (Wildman–Crippen MR) is 66.7 cm³/mol. The molecule has 6 nitrogen and oxygen atoms in total. The van der Waals surface area contributed by atoms with E-state index in [0.717, 1.165) is 31.9 Å². The first-order chi connectivity index (χ1) is 8.04. The molecule has 0 aromatic carbocycles. The Balaban J connectivity index is 2.61.